The molecule has 0 saturated heterocycles. The Kier molecular flexibility index (Phi) is 3.23. The van der Waals surface area contributed by atoms with E-state index in [1.54, 1.807) is 7.11 Å². The molecule has 0 radical (unpaired) electrons. The number of methoxy groups -OCH3 is 1. The van der Waals surface area contributed by atoms with E-state index in [1.807, 2.05) is 25.1 Å². The first-order valence-electron chi connectivity index (χ1n) is 6.26. The number of hydrogen-bond donors (Lipinski definition) is 0. The smallest absolute Gasteiger partial charge is 0.168 e. The number of carbonyl (C=O) groups is 1. The maximum absolute atomic E-state index is 12.5. The summed E-state index contributed by atoms with van der Waals surface area (Å²) in [7, 11) is 1.65. The number of aryl methyl sites for hydroxylation is 1. The van der Waals surface area contributed by atoms with Crippen molar-refractivity contribution in [3.05, 3.63) is 29.3 Å². The van der Waals surface area contributed by atoms with Crippen molar-refractivity contribution in [3.63, 3.8) is 0 Å². The Hall–Kier alpha value is -1.31. The average Bonchev–Trinajstić information content (AvgIpc) is 2.76. The van der Waals surface area contributed by atoms with Crippen LogP contribution in [-0.4, -0.2) is 12.9 Å². The van der Waals surface area contributed by atoms with E-state index in [4.69, 9.17) is 4.74 Å². The second kappa shape index (κ2) is 4.52. The molecule has 0 heterocycles. The molecule has 0 N–H and O–H groups in total. The van der Waals surface area contributed by atoms with Crippen LogP contribution in [0.15, 0.2) is 18.2 Å². The molecule has 0 bridgehead atoms. The molecular formula is C15H20O2. The zero-order valence-corrected chi connectivity index (χ0v) is 10.9. The van der Waals surface area contributed by atoms with E-state index in [0.717, 1.165) is 29.7 Å². The third kappa shape index (κ3) is 2.21. The Balaban J connectivity index is 2.31. The van der Waals surface area contributed by atoms with Gasteiger partial charge in [0.25, 0.3) is 0 Å². The van der Waals surface area contributed by atoms with Gasteiger partial charge in [-0.15, -0.1) is 0 Å². The van der Waals surface area contributed by atoms with Crippen LogP contribution in [-0.2, 0) is 0 Å². The summed E-state index contributed by atoms with van der Waals surface area (Å²) in [6.07, 6.45) is 4.41. The lowest BCUT2D eigenvalue weighted by Gasteiger charge is -2.22. The molecule has 0 amide bonds. The topological polar surface area (TPSA) is 26.3 Å². The fourth-order valence-corrected chi connectivity index (χ4v) is 2.73. The molecule has 2 rings (SSSR count). The lowest BCUT2D eigenvalue weighted by atomic mass is 9.80. The molecule has 0 atom stereocenters. The van der Waals surface area contributed by atoms with Crippen molar-refractivity contribution < 1.29 is 9.53 Å². The number of Topliss-reactive ketones (excluding diaryl/α,β-unsaturated/α-hetero) is 1. The van der Waals surface area contributed by atoms with Gasteiger partial charge in [-0.05, 0) is 43.5 Å². The Bertz CT molecular complexity index is 429. The highest BCUT2D eigenvalue weighted by molar-refractivity contribution is 6.01. The molecule has 1 aliphatic carbocycles. The molecule has 1 aliphatic rings. The number of ketones is 1. The standard InChI is InChI=1S/C15H20O2/c1-11-10-12(17-3)6-7-13(11)14(16)15(2)8-4-5-9-15/h6-7,10H,4-5,8-9H2,1-3H3. The molecule has 0 aromatic heterocycles. The maximum Gasteiger partial charge on any atom is 0.168 e. The highest BCUT2D eigenvalue weighted by Gasteiger charge is 2.37. The average molecular weight is 232 g/mol. The molecule has 92 valence electrons. The van der Waals surface area contributed by atoms with Crippen molar-refractivity contribution in [1.29, 1.82) is 0 Å². The summed E-state index contributed by atoms with van der Waals surface area (Å²) < 4.78 is 5.17. The molecule has 2 heteroatoms. The third-order valence-electron chi connectivity index (χ3n) is 3.93. The Morgan fingerprint density at radius 3 is 2.47 bits per heavy atom. The van der Waals surface area contributed by atoms with Crippen LogP contribution < -0.4 is 4.74 Å². The lowest BCUT2D eigenvalue weighted by molar-refractivity contribution is 0.0823. The van der Waals surface area contributed by atoms with E-state index < -0.39 is 0 Å². The summed E-state index contributed by atoms with van der Waals surface area (Å²) in [6, 6.07) is 5.71. The van der Waals surface area contributed by atoms with Crippen molar-refractivity contribution in [1.82, 2.24) is 0 Å². The van der Waals surface area contributed by atoms with Crippen molar-refractivity contribution in [3.8, 4) is 5.75 Å². The molecule has 1 aromatic carbocycles. The zero-order chi connectivity index (χ0) is 12.5. The molecule has 1 fully saturated rings. The van der Waals surface area contributed by atoms with Gasteiger partial charge < -0.3 is 4.74 Å². The molecular weight excluding hydrogens is 212 g/mol. The number of hydrogen-bond acceptors (Lipinski definition) is 2. The summed E-state index contributed by atoms with van der Waals surface area (Å²) in [5.41, 5.74) is 1.73. The van der Waals surface area contributed by atoms with Crippen molar-refractivity contribution >= 4 is 5.78 Å². The number of carbonyl (C=O) groups excluding carboxylic acids is 1. The molecule has 1 saturated carbocycles. The van der Waals surface area contributed by atoms with E-state index in [9.17, 15) is 4.79 Å². The van der Waals surface area contributed by atoms with Gasteiger partial charge in [-0.1, -0.05) is 19.8 Å². The first kappa shape index (κ1) is 12.2. The second-order valence-electron chi connectivity index (χ2n) is 5.28. The number of rotatable bonds is 3. The van der Waals surface area contributed by atoms with Crippen molar-refractivity contribution in [2.45, 2.75) is 39.5 Å². The Morgan fingerprint density at radius 2 is 1.94 bits per heavy atom. The van der Waals surface area contributed by atoms with Gasteiger partial charge in [-0.3, -0.25) is 4.79 Å². The molecule has 17 heavy (non-hydrogen) atoms. The Labute approximate surface area is 103 Å². The minimum absolute atomic E-state index is 0.140. The number of benzene rings is 1. The van der Waals surface area contributed by atoms with Gasteiger partial charge in [-0.2, -0.15) is 0 Å². The van der Waals surface area contributed by atoms with E-state index in [1.165, 1.54) is 12.8 Å². The predicted molar refractivity (Wildman–Crippen MR) is 68.6 cm³/mol. The summed E-state index contributed by atoms with van der Waals surface area (Å²) in [4.78, 5) is 12.5. The van der Waals surface area contributed by atoms with Gasteiger partial charge in [-0.25, -0.2) is 0 Å². The number of ether oxygens (including phenoxy) is 1. The molecule has 0 aliphatic heterocycles. The molecule has 1 aromatic rings. The van der Waals surface area contributed by atoms with Gasteiger partial charge in [0.05, 0.1) is 7.11 Å². The SMILES string of the molecule is COc1ccc(C(=O)C2(C)CCCC2)c(C)c1. The lowest BCUT2D eigenvalue weighted by Crippen LogP contribution is -2.25. The normalized spacial score (nSPS) is 18.1. The van der Waals surface area contributed by atoms with Gasteiger partial charge >= 0.3 is 0 Å². The van der Waals surface area contributed by atoms with Crippen LogP contribution in [0.2, 0.25) is 0 Å². The van der Waals surface area contributed by atoms with Gasteiger partial charge in [0.2, 0.25) is 0 Å². The molecule has 0 unspecified atom stereocenters. The van der Waals surface area contributed by atoms with Crippen LogP contribution in [0.25, 0.3) is 0 Å². The van der Waals surface area contributed by atoms with E-state index in [-0.39, 0.29) is 5.41 Å². The maximum atomic E-state index is 12.5. The monoisotopic (exact) mass is 232 g/mol. The van der Waals surface area contributed by atoms with Crippen LogP contribution in [0.3, 0.4) is 0 Å². The van der Waals surface area contributed by atoms with Crippen LogP contribution in [0.5, 0.6) is 5.75 Å². The first-order chi connectivity index (χ1) is 8.07. The first-order valence-corrected chi connectivity index (χ1v) is 6.26. The van der Waals surface area contributed by atoms with Gasteiger partial charge in [0.15, 0.2) is 5.78 Å². The quantitative estimate of drug-likeness (QED) is 0.741. The van der Waals surface area contributed by atoms with Crippen LogP contribution in [0.4, 0.5) is 0 Å². The van der Waals surface area contributed by atoms with Crippen molar-refractivity contribution in [2.75, 3.05) is 7.11 Å². The zero-order valence-electron chi connectivity index (χ0n) is 10.9. The van der Waals surface area contributed by atoms with Gasteiger partial charge in [0.1, 0.15) is 5.75 Å². The van der Waals surface area contributed by atoms with E-state index in [0.29, 0.717) is 5.78 Å². The van der Waals surface area contributed by atoms with Gasteiger partial charge in [0, 0.05) is 11.0 Å². The summed E-state index contributed by atoms with van der Waals surface area (Å²) in [5.74, 6) is 1.12. The van der Waals surface area contributed by atoms with Crippen molar-refractivity contribution in [2.24, 2.45) is 5.41 Å². The molecule has 2 nitrogen and oxygen atoms in total. The highest BCUT2D eigenvalue weighted by atomic mass is 16.5. The fraction of sp³-hybridized carbons (Fsp3) is 0.533. The predicted octanol–water partition coefficient (Wildman–Crippen LogP) is 3.77. The van der Waals surface area contributed by atoms with Crippen LogP contribution >= 0.6 is 0 Å². The second-order valence-corrected chi connectivity index (χ2v) is 5.28. The largest absolute Gasteiger partial charge is 0.497 e. The van der Waals surface area contributed by atoms with Crippen LogP contribution in [0, 0.1) is 12.3 Å². The minimum Gasteiger partial charge on any atom is -0.497 e. The molecule has 0 spiro atoms. The Morgan fingerprint density at radius 1 is 1.29 bits per heavy atom. The summed E-state index contributed by atoms with van der Waals surface area (Å²) in [6.45, 7) is 4.08. The minimum atomic E-state index is -0.140. The fourth-order valence-electron chi connectivity index (χ4n) is 2.73. The van der Waals surface area contributed by atoms with E-state index >= 15 is 0 Å². The third-order valence-corrected chi connectivity index (χ3v) is 3.93. The summed E-state index contributed by atoms with van der Waals surface area (Å²) in [5, 5.41) is 0. The highest BCUT2D eigenvalue weighted by Crippen LogP contribution is 2.40. The van der Waals surface area contributed by atoms with Crippen LogP contribution in [0.1, 0.15) is 48.5 Å². The van der Waals surface area contributed by atoms with E-state index in [2.05, 4.69) is 6.92 Å². The summed E-state index contributed by atoms with van der Waals surface area (Å²) >= 11 is 0.